The van der Waals surface area contributed by atoms with Crippen LogP contribution in [0.1, 0.15) is 24.9 Å². The Hall–Kier alpha value is -2.60. The minimum atomic E-state index is -0.531. The number of hydrogen-bond donors (Lipinski definition) is 1. The molecule has 1 aromatic heterocycles. The Kier molecular flexibility index (Phi) is 4.90. The molecule has 5 nitrogen and oxygen atoms in total. The van der Waals surface area contributed by atoms with Gasteiger partial charge < -0.3 is 9.73 Å². The Bertz CT molecular complexity index is 963. The van der Waals surface area contributed by atoms with Gasteiger partial charge in [0, 0.05) is 24.1 Å². The molecule has 25 heavy (non-hydrogen) atoms. The molecule has 0 unspecified atom stereocenters. The van der Waals surface area contributed by atoms with E-state index in [9.17, 15) is 14.0 Å². The predicted molar refractivity (Wildman–Crippen MR) is 93.1 cm³/mol. The molecule has 130 valence electrons. The summed E-state index contributed by atoms with van der Waals surface area (Å²) in [7, 11) is 0. The predicted octanol–water partition coefficient (Wildman–Crippen LogP) is 3.65. The standard InChI is InChI=1S/C18H16ClFN2O3/c1-11(12-2-5-14(20)6-3-12)21-17(23)8-9-22-15-7-4-13(19)10-16(15)25-18(22)24/h2-7,10-11H,8-9H2,1H3,(H,21,23)/t11-/m0/s1. The van der Waals surface area contributed by atoms with Gasteiger partial charge in [0.2, 0.25) is 5.91 Å². The van der Waals surface area contributed by atoms with Gasteiger partial charge in [0.05, 0.1) is 11.6 Å². The zero-order valence-corrected chi connectivity index (χ0v) is 14.2. The Morgan fingerprint density at radius 2 is 2.00 bits per heavy atom. The van der Waals surface area contributed by atoms with Crippen molar-refractivity contribution in [2.45, 2.75) is 25.9 Å². The summed E-state index contributed by atoms with van der Waals surface area (Å²) in [5.74, 6) is -1.07. The molecule has 0 radical (unpaired) electrons. The van der Waals surface area contributed by atoms with E-state index in [1.807, 2.05) is 6.92 Å². The molecular weight excluding hydrogens is 347 g/mol. The SMILES string of the molecule is C[C@H](NC(=O)CCn1c(=O)oc2cc(Cl)ccc21)c1ccc(F)cc1. The fraction of sp³-hybridized carbons (Fsp3) is 0.222. The van der Waals surface area contributed by atoms with Crippen LogP contribution in [0, 0.1) is 5.82 Å². The lowest BCUT2D eigenvalue weighted by Crippen LogP contribution is -2.28. The van der Waals surface area contributed by atoms with E-state index in [0.29, 0.717) is 16.1 Å². The largest absolute Gasteiger partial charge is 0.419 e. The smallest absolute Gasteiger partial charge is 0.408 e. The summed E-state index contributed by atoms with van der Waals surface area (Å²) in [5.41, 5.74) is 1.78. The molecule has 0 saturated carbocycles. The first-order valence-corrected chi connectivity index (χ1v) is 8.15. The monoisotopic (exact) mass is 362 g/mol. The average Bonchev–Trinajstić information content (AvgIpc) is 2.87. The van der Waals surface area contributed by atoms with Gasteiger partial charge in [0.25, 0.3) is 0 Å². The number of amides is 1. The number of carbonyl (C=O) groups is 1. The molecule has 1 amide bonds. The molecule has 1 heterocycles. The van der Waals surface area contributed by atoms with Crippen molar-refractivity contribution in [2.75, 3.05) is 0 Å². The fourth-order valence-corrected chi connectivity index (χ4v) is 2.78. The molecule has 0 aliphatic carbocycles. The topological polar surface area (TPSA) is 64.2 Å². The first-order valence-electron chi connectivity index (χ1n) is 7.78. The van der Waals surface area contributed by atoms with Gasteiger partial charge in [0.1, 0.15) is 5.82 Å². The van der Waals surface area contributed by atoms with Gasteiger partial charge in [-0.1, -0.05) is 23.7 Å². The fourth-order valence-electron chi connectivity index (χ4n) is 2.61. The maximum Gasteiger partial charge on any atom is 0.419 e. The van der Waals surface area contributed by atoms with Gasteiger partial charge in [-0.05, 0) is 36.8 Å². The molecule has 0 spiro atoms. The van der Waals surface area contributed by atoms with Crippen LogP contribution in [0.15, 0.2) is 51.7 Å². The lowest BCUT2D eigenvalue weighted by Gasteiger charge is -2.14. The van der Waals surface area contributed by atoms with Crippen molar-refractivity contribution < 1.29 is 13.6 Å². The summed E-state index contributed by atoms with van der Waals surface area (Å²) in [5, 5.41) is 3.30. The average molecular weight is 363 g/mol. The number of benzene rings is 2. The van der Waals surface area contributed by atoms with Crippen molar-refractivity contribution in [1.82, 2.24) is 9.88 Å². The normalized spacial score (nSPS) is 12.3. The first kappa shape index (κ1) is 17.2. The molecule has 0 saturated heterocycles. The van der Waals surface area contributed by atoms with Gasteiger partial charge in [-0.15, -0.1) is 0 Å². The number of halogens is 2. The highest BCUT2D eigenvalue weighted by Gasteiger charge is 2.13. The highest BCUT2D eigenvalue weighted by Crippen LogP contribution is 2.18. The number of hydrogen-bond acceptors (Lipinski definition) is 3. The number of rotatable bonds is 5. The van der Waals surface area contributed by atoms with Crippen LogP contribution >= 0.6 is 11.6 Å². The van der Waals surface area contributed by atoms with Crippen molar-refractivity contribution in [3.05, 3.63) is 69.4 Å². The van der Waals surface area contributed by atoms with E-state index in [2.05, 4.69) is 5.32 Å². The van der Waals surface area contributed by atoms with Crippen molar-refractivity contribution >= 4 is 28.6 Å². The second-order valence-electron chi connectivity index (χ2n) is 5.72. The van der Waals surface area contributed by atoms with Crippen molar-refractivity contribution in [3.63, 3.8) is 0 Å². The minimum absolute atomic E-state index is 0.114. The number of nitrogens with zero attached hydrogens (tertiary/aromatic N) is 1. The number of aromatic nitrogens is 1. The van der Waals surface area contributed by atoms with Crippen LogP contribution in [0.3, 0.4) is 0 Å². The van der Waals surface area contributed by atoms with Crippen LogP contribution in [-0.2, 0) is 11.3 Å². The number of nitrogens with one attached hydrogen (secondary N) is 1. The second-order valence-corrected chi connectivity index (χ2v) is 6.16. The number of carbonyl (C=O) groups excluding carboxylic acids is 1. The van der Waals surface area contributed by atoms with E-state index in [4.69, 9.17) is 16.0 Å². The van der Waals surface area contributed by atoms with Crippen LogP contribution in [-0.4, -0.2) is 10.5 Å². The Labute approximate surface area is 148 Å². The lowest BCUT2D eigenvalue weighted by molar-refractivity contribution is -0.121. The Morgan fingerprint density at radius 1 is 1.28 bits per heavy atom. The number of aryl methyl sites for hydroxylation is 1. The molecule has 7 heteroatoms. The molecular formula is C18H16ClFN2O3. The highest BCUT2D eigenvalue weighted by molar-refractivity contribution is 6.31. The summed E-state index contributed by atoms with van der Waals surface area (Å²) >= 11 is 5.87. The van der Waals surface area contributed by atoms with Crippen LogP contribution < -0.4 is 11.1 Å². The van der Waals surface area contributed by atoms with Crippen LogP contribution in [0.5, 0.6) is 0 Å². The molecule has 0 aliphatic heterocycles. The maximum absolute atomic E-state index is 12.9. The van der Waals surface area contributed by atoms with Crippen molar-refractivity contribution in [3.8, 4) is 0 Å². The van der Waals surface area contributed by atoms with Gasteiger partial charge >= 0.3 is 5.76 Å². The van der Waals surface area contributed by atoms with Crippen LogP contribution in [0.25, 0.3) is 11.1 Å². The van der Waals surface area contributed by atoms with E-state index >= 15 is 0 Å². The molecule has 0 aliphatic rings. The van der Waals surface area contributed by atoms with E-state index in [0.717, 1.165) is 5.56 Å². The first-order chi connectivity index (χ1) is 11.9. The maximum atomic E-state index is 12.9. The minimum Gasteiger partial charge on any atom is -0.408 e. The lowest BCUT2D eigenvalue weighted by atomic mass is 10.1. The van der Waals surface area contributed by atoms with E-state index in [1.165, 1.54) is 16.7 Å². The van der Waals surface area contributed by atoms with Crippen molar-refractivity contribution in [1.29, 1.82) is 0 Å². The molecule has 1 atom stereocenters. The zero-order valence-electron chi connectivity index (χ0n) is 13.5. The second kappa shape index (κ2) is 7.11. The molecule has 3 rings (SSSR count). The summed E-state index contributed by atoms with van der Waals surface area (Å²) in [6.45, 7) is 2.00. The quantitative estimate of drug-likeness (QED) is 0.753. The summed E-state index contributed by atoms with van der Waals surface area (Å²) in [6, 6.07) is 10.6. The van der Waals surface area contributed by atoms with E-state index in [-0.39, 0.29) is 30.7 Å². The summed E-state index contributed by atoms with van der Waals surface area (Å²) < 4.78 is 19.5. The van der Waals surface area contributed by atoms with Crippen molar-refractivity contribution in [2.24, 2.45) is 0 Å². The Morgan fingerprint density at radius 3 is 2.72 bits per heavy atom. The summed E-state index contributed by atoms with van der Waals surface area (Å²) in [4.78, 5) is 24.1. The molecule has 0 bridgehead atoms. The van der Waals surface area contributed by atoms with Gasteiger partial charge in [0.15, 0.2) is 5.58 Å². The van der Waals surface area contributed by atoms with Crippen LogP contribution in [0.4, 0.5) is 4.39 Å². The number of oxazole rings is 1. The van der Waals surface area contributed by atoms with Crippen LogP contribution in [0.2, 0.25) is 5.02 Å². The van der Waals surface area contributed by atoms with Gasteiger partial charge in [-0.25, -0.2) is 9.18 Å². The third kappa shape index (κ3) is 3.91. The van der Waals surface area contributed by atoms with E-state index in [1.54, 1.807) is 30.3 Å². The molecule has 0 fully saturated rings. The molecule has 3 aromatic rings. The van der Waals surface area contributed by atoms with Gasteiger partial charge in [-0.2, -0.15) is 0 Å². The van der Waals surface area contributed by atoms with Gasteiger partial charge in [-0.3, -0.25) is 9.36 Å². The number of fused-ring (bicyclic) bond motifs is 1. The zero-order chi connectivity index (χ0) is 18.0. The van der Waals surface area contributed by atoms with E-state index < -0.39 is 5.76 Å². The highest BCUT2D eigenvalue weighted by atomic mass is 35.5. The third-order valence-electron chi connectivity index (χ3n) is 3.94. The molecule has 1 N–H and O–H groups in total. The third-order valence-corrected chi connectivity index (χ3v) is 4.18. The Balaban J connectivity index is 1.65. The molecule has 2 aromatic carbocycles. The summed E-state index contributed by atoms with van der Waals surface area (Å²) in [6.07, 6.45) is 0.114.